The van der Waals surface area contributed by atoms with Gasteiger partial charge in [0.05, 0.1) is 13.1 Å². The van der Waals surface area contributed by atoms with Gasteiger partial charge < -0.3 is 9.88 Å². The zero-order valence-corrected chi connectivity index (χ0v) is 16.4. The Bertz CT molecular complexity index is 642. The Balaban J connectivity index is 1.84. The molecule has 1 amide bonds. The van der Waals surface area contributed by atoms with Crippen LogP contribution in [0.2, 0.25) is 0 Å². The highest BCUT2D eigenvalue weighted by Gasteiger charge is 2.22. The third-order valence-corrected chi connectivity index (χ3v) is 4.96. The molecule has 2 heterocycles. The first-order valence-corrected chi connectivity index (χ1v) is 9.48. The molecule has 1 saturated heterocycles. The van der Waals surface area contributed by atoms with Crippen LogP contribution >= 0.6 is 0 Å². The smallest absolute Gasteiger partial charge is 0.234 e. The van der Waals surface area contributed by atoms with Crippen LogP contribution < -0.4 is 5.32 Å². The average Bonchev–Trinajstić information content (AvgIpc) is 2.90. The van der Waals surface area contributed by atoms with E-state index in [4.69, 9.17) is 0 Å². The predicted octanol–water partition coefficient (Wildman–Crippen LogP) is 1.62. The van der Waals surface area contributed by atoms with Crippen LogP contribution in [0.5, 0.6) is 0 Å². The number of amides is 1. The molecule has 0 unspecified atom stereocenters. The second-order valence-electron chi connectivity index (χ2n) is 7.01. The molecule has 1 aromatic heterocycles. The fraction of sp³-hybridized carbons (Fsp3) is 0.600. The number of Topliss-reactive ketones (excluding diaryl/α,β-unsaturated/α-hetero) is 1. The summed E-state index contributed by atoms with van der Waals surface area (Å²) in [5, 5.41) is 2.91. The van der Waals surface area contributed by atoms with Crippen molar-refractivity contribution in [1.82, 2.24) is 19.7 Å². The molecule has 0 radical (unpaired) electrons. The van der Waals surface area contributed by atoms with E-state index in [0.717, 1.165) is 62.6 Å². The van der Waals surface area contributed by atoms with Crippen molar-refractivity contribution in [1.29, 1.82) is 0 Å². The Morgan fingerprint density at radius 1 is 1.15 bits per heavy atom. The van der Waals surface area contributed by atoms with Gasteiger partial charge in [-0.05, 0) is 26.3 Å². The highest BCUT2D eigenvalue weighted by Crippen LogP contribution is 2.16. The van der Waals surface area contributed by atoms with E-state index in [1.54, 1.807) is 0 Å². The fourth-order valence-corrected chi connectivity index (χ4v) is 3.41. The van der Waals surface area contributed by atoms with Crippen molar-refractivity contribution in [2.75, 3.05) is 45.8 Å². The van der Waals surface area contributed by atoms with Crippen molar-refractivity contribution in [2.24, 2.45) is 0 Å². The molecule has 144 valence electrons. The maximum atomic E-state index is 12.7. The number of piperazine rings is 1. The van der Waals surface area contributed by atoms with Crippen molar-refractivity contribution in [3.05, 3.63) is 35.7 Å². The first kappa shape index (κ1) is 20.4. The van der Waals surface area contributed by atoms with Gasteiger partial charge in [0.2, 0.25) is 5.91 Å². The Labute approximate surface area is 156 Å². The van der Waals surface area contributed by atoms with Gasteiger partial charge in [0.1, 0.15) is 0 Å². The standard InChI is InChI=1S/C20H32N4O2/c1-5-7-21-20(26)15-23-11-9-22(10-12-23)14-19(25)18-13-16(3)24(8-6-2)17(18)4/h6,13H,2,5,7-12,14-15H2,1,3-4H3,(H,21,26). The first-order chi connectivity index (χ1) is 12.5. The van der Waals surface area contributed by atoms with Crippen LogP contribution in [0.1, 0.15) is 35.1 Å². The van der Waals surface area contributed by atoms with E-state index in [2.05, 4.69) is 26.3 Å². The van der Waals surface area contributed by atoms with Crippen molar-refractivity contribution < 1.29 is 9.59 Å². The molecule has 1 aliphatic heterocycles. The van der Waals surface area contributed by atoms with E-state index in [1.165, 1.54) is 0 Å². The lowest BCUT2D eigenvalue weighted by molar-refractivity contribution is -0.122. The minimum Gasteiger partial charge on any atom is -0.355 e. The number of hydrogen-bond acceptors (Lipinski definition) is 4. The molecule has 0 aliphatic carbocycles. The third-order valence-electron chi connectivity index (χ3n) is 4.96. The summed E-state index contributed by atoms with van der Waals surface area (Å²) in [4.78, 5) is 28.9. The van der Waals surface area contributed by atoms with E-state index in [0.29, 0.717) is 13.1 Å². The second-order valence-corrected chi connectivity index (χ2v) is 7.01. The number of ketones is 1. The number of nitrogens with one attached hydrogen (secondary N) is 1. The number of allylic oxidation sites excluding steroid dienone is 1. The highest BCUT2D eigenvalue weighted by molar-refractivity contribution is 5.99. The van der Waals surface area contributed by atoms with Crippen molar-refractivity contribution in [3.63, 3.8) is 0 Å². The Hall–Kier alpha value is -1.92. The molecule has 1 fully saturated rings. The first-order valence-electron chi connectivity index (χ1n) is 9.48. The van der Waals surface area contributed by atoms with Crippen LogP contribution in [-0.2, 0) is 11.3 Å². The zero-order valence-electron chi connectivity index (χ0n) is 16.4. The molecule has 1 aliphatic rings. The van der Waals surface area contributed by atoms with Crippen molar-refractivity contribution >= 4 is 11.7 Å². The second kappa shape index (κ2) is 9.69. The maximum absolute atomic E-state index is 12.7. The van der Waals surface area contributed by atoms with E-state index in [1.807, 2.05) is 32.9 Å². The van der Waals surface area contributed by atoms with Crippen LogP contribution in [0, 0.1) is 13.8 Å². The largest absolute Gasteiger partial charge is 0.355 e. The lowest BCUT2D eigenvalue weighted by atomic mass is 10.1. The predicted molar refractivity (Wildman–Crippen MR) is 105 cm³/mol. The quantitative estimate of drug-likeness (QED) is 0.537. The summed E-state index contributed by atoms with van der Waals surface area (Å²) in [5.74, 6) is 0.258. The molecule has 0 aromatic carbocycles. The molecular weight excluding hydrogens is 328 g/mol. The van der Waals surface area contributed by atoms with Crippen molar-refractivity contribution in [3.8, 4) is 0 Å². The molecule has 0 saturated carbocycles. The zero-order chi connectivity index (χ0) is 19.1. The number of nitrogens with zero attached hydrogens (tertiary/aromatic N) is 3. The molecular formula is C20H32N4O2. The molecule has 6 nitrogen and oxygen atoms in total. The molecule has 0 spiro atoms. The summed E-state index contributed by atoms with van der Waals surface area (Å²) < 4.78 is 2.12. The van der Waals surface area contributed by atoms with Gasteiger partial charge in [0, 0.05) is 56.2 Å². The van der Waals surface area contributed by atoms with E-state index in [-0.39, 0.29) is 11.7 Å². The molecule has 0 bridgehead atoms. The molecule has 26 heavy (non-hydrogen) atoms. The molecule has 6 heteroatoms. The highest BCUT2D eigenvalue weighted by atomic mass is 16.2. The van der Waals surface area contributed by atoms with Gasteiger partial charge in [-0.3, -0.25) is 19.4 Å². The molecule has 2 rings (SSSR count). The molecule has 0 atom stereocenters. The monoisotopic (exact) mass is 360 g/mol. The van der Waals surface area contributed by atoms with Gasteiger partial charge in [-0.25, -0.2) is 0 Å². The van der Waals surface area contributed by atoms with Crippen LogP contribution in [0.4, 0.5) is 0 Å². The maximum Gasteiger partial charge on any atom is 0.234 e. The number of carbonyl (C=O) groups excluding carboxylic acids is 2. The topological polar surface area (TPSA) is 57.6 Å². The Morgan fingerprint density at radius 2 is 1.77 bits per heavy atom. The number of carbonyl (C=O) groups is 2. The van der Waals surface area contributed by atoms with Gasteiger partial charge in [-0.15, -0.1) is 6.58 Å². The summed E-state index contributed by atoms with van der Waals surface area (Å²) in [5.41, 5.74) is 2.91. The van der Waals surface area contributed by atoms with E-state index in [9.17, 15) is 9.59 Å². The average molecular weight is 361 g/mol. The minimum absolute atomic E-state index is 0.0889. The van der Waals surface area contributed by atoms with Gasteiger partial charge in [-0.2, -0.15) is 0 Å². The van der Waals surface area contributed by atoms with Gasteiger partial charge in [-0.1, -0.05) is 13.0 Å². The molecule has 1 N–H and O–H groups in total. The lowest BCUT2D eigenvalue weighted by Crippen LogP contribution is -2.50. The normalized spacial score (nSPS) is 15.8. The Morgan fingerprint density at radius 3 is 2.35 bits per heavy atom. The van der Waals surface area contributed by atoms with E-state index < -0.39 is 0 Å². The van der Waals surface area contributed by atoms with Crippen LogP contribution in [0.3, 0.4) is 0 Å². The van der Waals surface area contributed by atoms with Gasteiger partial charge >= 0.3 is 0 Å². The SMILES string of the molecule is C=CCn1c(C)cc(C(=O)CN2CCN(CC(=O)NCCC)CC2)c1C. The van der Waals surface area contributed by atoms with Gasteiger partial charge in [0.15, 0.2) is 5.78 Å². The number of hydrogen-bond donors (Lipinski definition) is 1. The number of aromatic nitrogens is 1. The fourth-order valence-electron chi connectivity index (χ4n) is 3.41. The summed E-state index contributed by atoms with van der Waals surface area (Å²) in [6.07, 6.45) is 2.80. The summed E-state index contributed by atoms with van der Waals surface area (Å²) in [7, 11) is 0. The van der Waals surface area contributed by atoms with E-state index >= 15 is 0 Å². The molecule has 1 aromatic rings. The lowest BCUT2D eigenvalue weighted by Gasteiger charge is -2.33. The van der Waals surface area contributed by atoms with Crippen LogP contribution in [0.25, 0.3) is 0 Å². The third kappa shape index (κ3) is 5.29. The number of rotatable bonds is 9. The summed E-state index contributed by atoms with van der Waals surface area (Å²) >= 11 is 0. The summed E-state index contributed by atoms with van der Waals surface area (Å²) in [6, 6.07) is 1.98. The van der Waals surface area contributed by atoms with Crippen LogP contribution in [-0.4, -0.2) is 71.9 Å². The van der Waals surface area contributed by atoms with Gasteiger partial charge in [0.25, 0.3) is 0 Å². The number of aryl methyl sites for hydroxylation is 1. The summed E-state index contributed by atoms with van der Waals surface area (Å²) in [6.45, 7) is 15.5. The Kier molecular flexibility index (Phi) is 7.60. The minimum atomic E-state index is 0.0889. The van der Waals surface area contributed by atoms with Crippen molar-refractivity contribution in [2.45, 2.75) is 33.7 Å². The van der Waals surface area contributed by atoms with Crippen LogP contribution in [0.15, 0.2) is 18.7 Å².